The molecule has 2 N–H and O–H groups in total. The lowest BCUT2D eigenvalue weighted by Gasteiger charge is -2.31. The third-order valence-corrected chi connectivity index (χ3v) is 3.67. The van der Waals surface area contributed by atoms with Crippen molar-refractivity contribution in [1.82, 2.24) is 4.90 Å². The molecule has 2 heteroatoms. The Bertz CT molecular complexity index is 211. The number of hydrogen-bond acceptors (Lipinski definition) is 2. The summed E-state index contributed by atoms with van der Waals surface area (Å²) in [5, 5.41) is 0. The van der Waals surface area contributed by atoms with Gasteiger partial charge in [-0.3, -0.25) is 4.90 Å². The summed E-state index contributed by atoms with van der Waals surface area (Å²) in [6.45, 7) is 6.23. The lowest BCUT2D eigenvalue weighted by atomic mass is 9.82. The molecule has 0 amide bonds. The lowest BCUT2D eigenvalue weighted by molar-refractivity contribution is 0.195. The van der Waals surface area contributed by atoms with Crippen LogP contribution in [0.25, 0.3) is 0 Å². The molecule has 0 atom stereocenters. The summed E-state index contributed by atoms with van der Waals surface area (Å²) in [7, 11) is 0. The highest BCUT2D eigenvalue weighted by Gasteiger charge is 2.21. The molecule has 0 aromatic heterocycles. The van der Waals surface area contributed by atoms with Gasteiger partial charge in [-0.05, 0) is 57.0 Å². The highest BCUT2D eigenvalue weighted by atomic mass is 15.1. The molecule has 1 saturated carbocycles. The molecule has 0 spiro atoms. The van der Waals surface area contributed by atoms with E-state index in [1.54, 1.807) is 0 Å². The quantitative estimate of drug-likeness (QED) is 0.697. The zero-order chi connectivity index (χ0) is 11.8. The first-order valence-corrected chi connectivity index (χ1v) is 6.66. The average Bonchev–Trinajstić information content (AvgIpc) is 2.31. The molecule has 1 rings (SSSR count). The van der Waals surface area contributed by atoms with Crippen LogP contribution < -0.4 is 5.73 Å². The molecule has 1 aliphatic carbocycles. The van der Waals surface area contributed by atoms with Crippen LogP contribution in [0.5, 0.6) is 0 Å². The zero-order valence-corrected chi connectivity index (χ0v) is 10.6. The fourth-order valence-electron chi connectivity index (χ4n) is 2.70. The maximum atomic E-state index is 5.71. The molecule has 0 unspecified atom stereocenters. The summed E-state index contributed by atoms with van der Waals surface area (Å²) in [6, 6.07) is 0. The maximum Gasteiger partial charge on any atom is 0.0599 e. The Hall–Kier alpha value is -0.520. The summed E-state index contributed by atoms with van der Waals surface area (Å²) in [5.74, 6) is 4.40. The first-order chi connectivity index (χ1) is 7.80. The van der Waals surface area contributed by atoms with Crippen molar-refractivity contribution in [3.05, 3.63) is 0 Å². The molecule has 0 radical (unpaired) electrons. The van der Waals surface area contributed by atoms with E-state index in [1.807, 2.05) is 0 Å². The highest BCUT2D eigenvalue weighted by Crippen LogP contribution is 2.28. The van der Waals surface area contributed by atoms with Gasteiger partial charge in [-0.1, -0.05) is 12.8 Å². The van der Waals surface area contributed by atoms with Gasteiger partial charge in [0.05, 0.1) is 6.54 Å². The summed E-state index contributed by atoms with van der Waals surface area (Å²) in [6.07, 6.45) is 11.9. The monoisotopic (exact) mass is 222 g/mol. The van der Waals surface area contributed by atoms with Gasteiger partial charge in [0, 0.05) is 6.54 Å². The summed E-state index contributed by atoms with van der Waals surface area (Å²) < 4.78 is 0. The molecule has 16 heavy (non-hydrogen) atoms. The Morgan fingerprint density at radius 1 is 1.25 bits per heavy atom. The molecule has 0 aliphatic heterocycles. The van der Waals surface area contributed by atoms with E-state index in [9.17, 15) is 0 Å². The Balaban J connectivity index is 2.27. The maximum absolute atomic E-state index is 5.71. The van der Waals surface area contributed by atoms with Crippen LogP contribution in [0, 0.1) is 24.2 Å². The third kappa shape index (κ3) is 4.55. The van der Waals surface area contributed by atoms with Crippen molar-refractivity contribution in [2.24, 2.45) is 17.6 Å². The molecule has 2 nitrogen and oxygen atoms in total. The van der Waals surface area contributed by atoms with Gasteiger partial charge in [-0.2, -0.15) is 0 Å². The minimum absolute atomic E-state index is 0.781. The smallest absolute Gasteiger partial charge is 0.0599 e. The molecule has 92 valence electrons. The second-order valence-corrected chi connectivity index (χ2v) is 5.06. The Labute approximate surface area is 101 Å². The highest BCUT2D eigenvalue weighted by molar-refractivity contribution is 4.89. The van der Waals surface area contributed by atoms with Crippen molar-refractivity contribution in [3.63, 3.8) is 0 Å². The van der Waals surface area contributed by atoms with E-state index < -0.39 is 0 Å². The first kappa shape index (κ1) is 13.5. The Morgan fingerprint density at radius 3 is 2.38 bits per heavy atom. The normalized spacial score (nSPS) is 25.6. The van der Waals surface area contributed by atoms with Crippen LogP contribution in [-0.2, 0) is 0 Å². The van der Waals surface area contributed by atoms with E-state index in [-0.39, 0.29) is 0 Å². The van der Waals surface area contributed by atoms with Crippen LogP contribution in [-0.4, -0.2) is 31.1 Å². The van der Waals surface area contributed by atoms with E-state index >= 15 is 0 Å². The third-order valence-electron chi connectivity index (χ3n) is 3.67. The number of terminal acetylenes is 1. The summed E-state index contributed by atoms with van der Waals surface area (Å²) in [5.41, 5.74) is 5.71. The molecule has 0 heterocycles. The van der Waals surface area contributed by atoms with Crippen LogP contribution >= 0.6 is 0 Å². The predicted molar refractivity (Wildman–Crippen MR) is 70.1 cm³/mol. The first-order valence-electron chi connectivity index (χ1n) is 6.66. The molecule has 0 aromatic carbocycles. The van der Waals surface area contributed by atoms with E-state index in [2.05, 4.69) is 17.7 Å². The standard InChI is InChI=1S/C14H26N2/c1-3-9-16(10-4-2)12-14-7-5-13(11-15)6-8-14/h1,13-14H,4-12,15H2,2H3. The molecular formula is C14H26N2. The number of nitrogens with two attached hydrogens (primary N) is 1. The summed E-state index contributed by atoms with van der Waals surface area (Å²) >= 11 is 0. The number of nitrogens with zero attached hydrogens (tertiary/aromatic N) is 1. The van der Waals surface area contributed by atoms with E-state index in [0.717, 1.165) is 31.5 Å². The van der Waals surface area contributed by atoms with Crippen molar-refractivity contribution in [3.8, 4) is 12.3 Å². The van der Waals surface area contributed by atoms with Crippen molar-refractivity contribution < 1.29 is 0 Å². The van der Waals surface area contributed by atoms with Gasteiger partial charge in [0.2, 0.25) is 0 Å². The van der Waals surface area contributed by atoms with Gasteiger partial charge in [-0.15, -0.1) is 6.42 Å². The number of hydrogen-bond donors (Lipinski definition) is 1. The van der Waals surface area contributed by atoms with E-state index in [0.29, 0.717) is 0 Å². The van der Waals surface area contributed by atoms with E-state index in [4.69, 9.17) is 12.2 Å². The van der Waals surface area contributed by atoms with Crippen molar-refractivity contribution in [1.29, 1.82) is 0 Å². The van der Waals surface area contributed by atoms with Gasteiger partial charge in [0.1, 0.15) is 0 Å². The second-order valence-electron chi connectivity index (χ2n) is 5.06. The van der Waals surface area contributed by atoms with Gasteiger partial charge < -0.3 is 5.73 Å². The van der Waals surface area contributed by atoms with Crippen LogP contribution in [0.1, 0.15) is 39.0 Å². The zero-order valence-electron chi connectivity index (χ0n) is 10.6. The van der Waals surface area contributed by atoms with E-state index in [1.165, 1.54) is 38.6 Å². The van der Waals surface area contributed by atoms with Gasteiger partial charge in [0.15, 0.2) is 0 Å². The molecular weight excluding hydrogens is 196 g/mol. The minimum Gasteiger partial charge on any atom is -0.330 e. The van der Waals surface area contributed by atoms with Gasteiger partial charge >= 0.3 is 0 Å². The molecule has 0 saturated heterocycles. The van der Waals surface area contributed by atoms with Crippen LogP contribution in [0.2, 0.25) is 0 Å². The fraction of sp³-hybridized carbons (Fsp3) is 0.857. The largest absolute Gasteiger partial charge is 0.330 e. The second kappa shape index (κ2) is 7.70. The minimum atomic E-state index is 0.781. The van der Waals surface area contributed by atoms with Crippen LogP contribution in [0.3, 0.4) is 0 Å². The predicted octanol–water partition coefficient (Wildman–Crippen LogP) is 2.10. The molecule has 0 bridgehead atoms. The average molecular weight is 222 g/mol. The van der Waals surface area contributed by atoms with Gasteiger partial charge in [-0.25, -0.2) is 0 Å². The van der Waals surface area contributed by atoms with Crippen molar-refractivity contribution >= 4 is 0 Å². The van der Waals surface area contributed by atoms with Gasteiger partial charge in [0.25, 0.3) is 0 Å². The number of rotatable bonds is 6. The Kier molecular flexibility index (Phi) is 6.52. The lowest BCUT2D eigenvalue weighted by Crippen LogP contribution is -2.33. The fourth-order valence-corrected chi connectivity index (χ4v) is 2.70. The van der Waals surface area contributed by atoms with Crippen molar-refractivity contribution in [2.75, 3.05) is 26.2 Å². The Morgan fingerprint density at radius 2 is 1.88 bits per heavy atom. The topological polar surface area (TPSA) is 29.3 Å². The van der Waals surface area contributed by atoms with Crippen LogP contribution in [0.15, 0.2) is 0 Å². The van der Waals surface area contributed by atoms with Crippen molar-refractivity contribution in [2.45, 2.75) is 39.0 Å². The SMILES string of the molecule is C#CCN(CCC)CC1CCC(CN)CC1. The summed E-state index contributed by atoms with van der Waals surface area (Å²) in [4.78, 5) is 2.42. The molecule has 1 aliphatic rings. The molecule has 0 aromatic rings. The van der Waals surface area contributed by atoms with Crippen LogP contribution in [0.4, 0.5) is 0 Å². The molecule has 1 fully saturated rings.